The minimum atomic E-state index is -3.51. The molecule has 0 aromatic heterocycles. The van der Waals surface area contributed by atoms with Gasteiger partial charge in [0.1, 0.15) is 0 Å². The average molecular weight is 454 g/mol. The minimum absolute atomic E-state index is 0. The Hall–Kier alpha value is -0.900. The number of carbonyl (C=O) groups is 1. The number of amides is 1. The van der Waals surface area contributed by atoms with Crippen molar-refractivity contribution >= 4 is 46.2 Å². The second-order valence-corrected chi connectivity index (χ2v) is 9.39. The van der Waals surface area contributed by atoms with Gasteiger partial charge in [-0.25, -0.2) is 8.42 Å². The number of hydrogen-bond donors (Lipinski definition) is 2. The van der Waals surface area contributed by atoms with Gasteiger partial charge in [0, 0.05) is 31.6 Å². The number of benzene rings is 1. The van der Waals surface area contributed by atoms with Crippen molar-refractivity contribution in [3.63, 3.8) is 0 Å². The van der Waals surface area contributed by atoms with Crippen molar-refractivity contribution in [3.8, 4) is 0 Å². The first-order valence-corrected chi connectivity index (χ1v) is 10.9. The van der Waals surface area contributed by atoms with E-state index in [1.165, 1.54) is 0 Å². The molecule has 2 heterocycles. The van der Waals surface area contributed by atoms with Crippen molar-refractivity contribution in [1.29, 1.82) is 0 Å². The van der Waals surface area contributed by atoms with Crippen molar-refractivity contribution in [2.75, 3.05) is 51.0 Å². The average Bonchev–Trinajstić information content (AvgIpc) is 2.62. The molecule has 7 nitrogen and oxygen atoms in total. The number of morpholine rings is 1. The topological polar surface area (TPSA) is 87.7 Å². The van der Waals surface area contributed by atoms with Crippen LogP contribution in [0.2, 0.25) is 0 Å². The summed E-state index contributed by atoms with van der Waals surface area (Å²) in [7, 11) is -3.51. The summed E-state index contributed by atoms with van der Waals surface area (Å²) >= 11 is 0. The van der Waals surface area contributed by atoms with E-state index in [4.69, 9.17) is 4.74 Å². The number of sulfone groups is 1. The van der Waals surface area contributed by atoms with Crippen LogP contribution in [0.4, 0.5) is 5.69 Å². The van der Waals surface area contributed by atoms with Gasteiger partial charge in [-0.05, 0) is 43.6 Å². The summed E-state index contributed by atoms with van der Waals surface area (Å²) in [5, 5.41) is 5.97. The van der Waals surface area contributed by atoms with Gasteiger partial charge in [0.05, 0.1) is 13.2 Å². The molecule has 2 aliphatic heterocycles. The summed E-state index contributed by atoms with van der Waals surface area (Å²) in [6, 6.07) is 7.63. The van der Waals surface area contributed by atoms with Gasteiger partial charge < -0.3 is 15.4 Å². The molecule has 0 bridgehead atoms. The van der Waals surface area contributed by atoms with Crippen molar-refractivity contribution in [2.24, 2.45) is 0 Å². The molecule has 1 aromatic rings. The molecule has 10 heteroatoms. The highest BCUT2D eigenvalue weighted by Crippen LogP contribution is 2.29. The van der Waals surface area contributed by atoms with E-state index >= 15 is 0 Å². The molecule has 3 rings (SSSR count). The lowest BCUT2D eigenvalue weighted by Crippen LogP contribution is -2.55. The second kappa shape index (κ2) is 10.8. The van der Waals surface area contributed by atoms with Crippen LogP contribution in [0.5, 0.6) is 0 Å². The third kappa shape index (κ3) is 5.81. The van der Waals surface area contributed by atoms with E-state index < -0.39 is 20.5 Å². The Kier molecular flexibility index (Phi) is 9.66. The number of halogens is 2. The number of hydrogen-bond acceptors (Lipinski definition) is 6. The SMILES string of the molecule is CS(=O)(=O)C1(C(=O)Nc2cccc(CN3CCOCC3)c2)CCNCC1.Cl.Cl. The summed E-state index contributed by atoms with van der Waals surface area (Å²) in [6.07, 6.45) is 1.75. The zero-order valence-corrected chi connectivity index (χ0v) is 18.4. The molecule has 2 saturated heterocycles. The van der Waals surface area contributed by atoms with Crippen molar-refractivity contribution < 1.29 is 17.9 Å². The fourth-order valence-electron chi connectivity index (χ4n) is 3.61. The Morgan fingerprint density at radius 3 is 2.46 bits per heavy atom. The van der Waals surface area contributed by atoms with E-state index in [0.29, 0.717) is 31.6 Å². The van der Waals surface area contributed by atoms with Crippen molar-refractivity contribution in [1.82, 2.24) is 10.2 Å². The first-order chi connectivity index (χ1) is 12.4. The van der Waals surface area contributed by atoms with E-state index in [1.54, 1.807) is 6.07 Å². The smallest absolute Gasteiger partial charge is 0.245 e. The normalized spacial score (nSPS) is 19.8. The first kappa shape index (κ1) is 25.1. The Labute approximate surface area is 179 Å². The van der Waals surface area contributed by atoms with Gasteiger partial charge in [-0.2, -0.15) is 0 Å². The summed E-state index contributed by atoms with van der Waals surface area (Å²) in [5.74, 6) is -0.426. The summed E-state index contributed by atoms with van der Waals surface area (Å²) < 4.78 is 28.7. The summed E-state index contributed by atoms with van der Waals surface area (Å²) in [4.78, 5) is 15.2. The highest BCUT2D eigenvalue weighted by Gasteiger charge is 2.48. The van der Waals surface area contributed by atoms with Gasteiger partial charge in [0.25, 0.3) is 0 Å². The molecular weight excluding hydrogens is 425 g/mol. The minimum Gasteiger partial charge on any atom is -0.379 e. The van der Waals surface area contributed by atoms with Crippen LogP contribution in [0.15, 0.2) is 24.3 Å². The number of nitrogens with zero attached hydrogens (tertiary/aromatic N) is 1. The quantitative estimate of drug-likeness (QED) is 0.701. The Morgan fingerprint density at radius 1 is 1.21 bits per heavy atom. The highest BCUT2D eigenvalue weighted by atomic mass is 35.5. The van der Waals surface area contributed by atoms with Gasteiger partial charge in [-0.3, -0.25) is 9.69 Å². The third-order valence-corrected chi connectivity index (χ3v) is 7.24. The lowest BCUT2D eigenvalue weighted by molar-refractivity contribution is -0.119. The molecule has 1 aromatic carbocycles. The van der Waals surface area contributed by atoms with E-state index in [9.17, 15) is 13.2 Å². The molecular formula is C18H29Cl2N3O4S. The monoisotopic (exact) mass is 453 g/mol. The zero-order valence-electron chi connectivity index (χ0n) is 16.0. The van der Waals surface area contributed by atoms with Crippen LogP contribution in [0.25, 0.3) is 0 Å². The zero-order chi connectivity index (χ0) is 18.6. The maximum atomic E-state index is 12.9. The lowest BCUT2D eigenvalue weighted by atomic mass is 9.95. The molecule has 0 spiro atoms. The van der Waals surface area contributed by atoms with Crippen LogP contribution in [-0.2, 0) is 25.9 Å². The number of carbonyl (C=O) groups excluding carboxylic acids is 1. The number of anilines is 1. The molecule has 0 aliphatic carbocycles. The third-order valence-electron chi connectivity index (χ3n) is 5.23. The van der Waals surface area contributed by atoms with E-state index in [-0.39, 0.29) is 24.8 Å². The Bertz CT molecular complexity index is 749. The molecule has 2 aliphatic rings. The number of ether oxygens (including phenoxy) is 1. The number of piperidine rings is 1. The number of rotatable bonds is 5. The molecule has 0 atom stereocenters. The molecule has 0 unspecified atom stereocenters. The molecule has 0 radical (unpaired) electrons. The van der Waals surface area contributed by atoms with Gasteiger partial charge in [-0.15, -0.1) is 24.8 Å². The van der Waals surface area contributed by atoms with Gasteiger partial charge in [0.2, 0.25) is 5.91 Å². The molecule has 1 amide bonds. The maximum absolute atomic E-state index is 12.9. The maximum Gasteiger partial charge on any atom is 0.245 e. The molecule has 2 fully saturated rings. The second-order valence-electron chi connectivity index (χ2n) is 7.06. The van der Waals surface area contributed by atoms with Gasteiger partial charge >= 0.3 is 0 Å². The predicted molar refractivity (Wildman–Crippen MR) is 115 cm³/mol. The molecule has 28 heavy (non-hydrogen) atoms. The van der Waals surface area contributed by atoms with Crippen LogP contribution >= 0.6 is 24.8 Å². The largest absolute Gasteiger partial charge is 0.379 e. The van der Waals surface area contributed by atoms with Crippen molar-refractivity contribution in [2.45, 2.75) is 24.1 Å². The highest BCUT2D eigenvalue weighted by molar-refractivity contribution is 7.92. The van der Waals surface area contributed by atoms with E-state index in [0.717, 1.165) is 44.7 Å². The Balaban J connectivity index is 0.00000196. The van der Waals surface area contributed by atoms with Crippen LogP contribution in [-0.4, -0.2) is 69.6 Å². The van der Waals surface area contributed by atoms with Crippen LogP contribution < -0.4 is 10.6 Å². The fourth-order valence-corrected chi connectivity index (χ4v) is 4.94. The van der Waals surface area contributed by atoms with Gasteiger partial charge in [0.15, 0.2) is 14.6 Å². The van der Waals surface area contributed by atoms with Crippen LogP contribution in [0.3, 0.4) is 0 Å². The van der Waals surface area contributed by atoms with Crippen LogP contribution in [0.1, 0.15) is 18.4 Å². The molecule has 0 saturated carbocycles. The van der Waals surface area contributed by atoms with E-state index in [2.05, 4.69) is 15.5 Å². The van der Waals surface area contributed by atoms with E-state index in [1.807, 2.05) is 18.2 Å². The summed E-state index contributed by atoms with van der Waals surface area (Å²) in [6.45, 7) is 5.09. The Morgan fingerprint density at radius 2 is 1.86 bits per heavy atom. The fraction of sp³-hybridized carbons (Fsp3) is 0.611. The van der Waals surface area contributed by atoms with Crippen LogP contribution in [0, 0.1) is 0 Å². The molecule has 160 valence electrons. The van der Waals surface area contributed by atoms with Gasteiger partial charge in [-0.1, -0.05) is 12.1 Å². The van der Waals surface area contributed by atoms with Crippen molar-refractivity contribution in [3.05, 3.63) is 29.8 Å². The lowest BCUT2D eigenvalue weighted by Gasteiger charge is -2.34. The molecule has 2 N–H and O–H groups in total. The first-order valence-electron chi connectivity index (χ1n) is 9.01. The number of nitrogens with one attached hydrogen (secondary N) is 2. The standard InChI is InChI=1S/C18H27N3O4S.2ClH/c1-26(23,24)18(5-7-19-8-6-18)17(22)20-16-4-2-3-15(13-16)14-21-9-11-25-12-10-21;;/h2-4,13,19H,5-12,14H2,1H3,(H,20,22);2*1H. The summed E-state index contributed by atoms with van der Waals surface area (Å²) in [5.41, 5.74) is 1.73. The predicted octanol–water partition coefficient (Wildman–Crippen LogP) is 1.47.